The van der Waals surface area contributed by atoms with Crippen LogP contribution in [0.25, 0.3) is 10.9 Å². The summed E-state index contributed by atoms with van der Waals surface area (Å²) in [5.74, 6) is -1.92. The van der Waals surface area contributed by atoms with Gasteiger partial charge in [-0.15, -0.1) is 0 Å². The summed E-state index contributed by atoms with van der Waals surface area (Å²) < 4.78 is 47.0. The fourth-order valence-corrected chi connectivity index (χ4v) is 4.05. The van der Waals surface area contributed by atoms with Gasteiger partial charge in [0.1, 0.15) is 11.5 Å². The molecule has 0 atom stereocenters. The Bertz CT molecular complexity index is 1500. The number of fused-ring (bicyclic) bond motifs is 1. The van der Waals surface area contributed by atoms with Crippen LogP contribution >= 0.6 is 0 Å². The SMILES string of the molecule is COc1cc2nccc(Oc3c(F)cc(NC(=O)c4cnccc4OC4CC4)cc3F)c2c(C2CC2)n1. The lowest BCUT2D eigenvalue weighted by Crippen LogP contribution is -2.15. The van der Waals surface area contributed by atoms with Gasteiger partial charge in [-0.2, -0.15) is 0 Å². The molecule has 0 aliphatic heterocycles. The number of carbonyl (C=O) groups excluding carboxylic acids is 1. The van der Waals surface area contributed by atoms with Crippen LogP contribution in [0.15, 0.2) is 48.9 Å². The molecule has 3 aromatic heterocycles. The van der Waals surface area contributed by atoms with Crippen molar-refractivity contribution >= 4 is 22.5 Å². The number of amides is 1. The van der Waals surface area contributed by atoms with Crippen molar-refractivity contribution in [3.63, 3.8) is 0 Å². The second-order valence-corrected chi connectivity index (χ2v) is 9.04. The predicted octanol–water partition coefficient (Wildman–Crippen LogP) is 5.77. The van der Waals surface area contributed by atoms with Gasteiger partial charge in [0, 0.05) is 48.4 Å². The lowest BCUT2D eigenvalue weighted by molar-refractivity contribution is 0.102. The van der Waals surface area contributed by atoms with Gasteiger partial charge >= 0.3 is 0 Å². The number of anilines is 1. The number of pyridine rings is 3. The number of nitrogens with zero attached hydrogens (tertiary/aromatic N) is 3. The molecule has 2 saturated carbocycles. The average Bonchev–Trinajstić information content (AvgIpc) is 3.81. The van der Waals surface area contributed by atoms with Crippen molar-refractivity contribution in [2.45, 2.75) is 37.7 Å². The van der Waals surface area contributed by atoms with Crippen molar-refractivity contribution in [3.05, 3.63) is 71.8 Å². The average molecular weight is 504 g/mol. The number of ether oxygens (including phenoxy) is 3. The zero-order chi connectivity index (χ0) is 25.5. The predicted molar refractivity (Wildman–Crippen MR) is 130 cm³/mol. The second kappa shape index (κ2) is 9.27. The minimum Gasteiger partial charge on any atom is -0.489 e. The van der Waals surface area contributed by atoms with E-state index >= 15 is 8.78 Å². The molecular formula is C27H22F2N4O4. The number of rotatable bonds is 8. The maximum absolute atomic E-state index is 15.1. The number of aromatic nitrogens is 3. The van der Waals surface area contributed by atoms with E-state index in [9.17, 15) is 4.79 Å². The normalized spacial score (nSPS) is 14.9. The molecule has 0 unspecified atom stereocenters. The van der Waals surface area contributed by atoms with Gasteiger partial charge < -0.3 is 19.5 Å². The summed E-state index contributed by atoms with van der Waals surface area (Å²) in [5, 5.41) is 3.10. The highest BCUT2D eigenvalue weighted by molar-refractivity contribution is 6.06. The topological polar surface area (TPSA) is 95.5 Å². The van der Waals surface area contributed by atoms with E-state index in [4.69, 9.17) is 14.2 Å². The summed E-state index contributed by atoms with van der Waals surface area (Å²) in [6, 6.07) is 6.78. The van der Waals surface area contributed by atoms with E-state index in [1.807, 2.05) is 0 Å². The highest BCUT2D eigenvalue weighted by Crippen LogP contribution is 2.46. The minimum atomic E-state index is -0.977. The number of methoxy groups -OCH3 is 1. The van der Waals surface area contributed by atoms with Gasteiger partial charge in [0.15, 0.2) is 17.4 Å². The maximum Gasteiger partial charge on any atom is 0.261 e. The van der Waals surface area contributed by atoms with Gasteiger partial charge in [0.2, 0.25) is 5.88 Å². The lowest BCUT2D eigenvalue weighted by Gasteiger charge is -2.15. The van der Waals surface area contributed by atoms with E-state index in [1.165, 1.54) is 25.7 Å². The van der Waals surface area contributed by atoms with Crippen LogP contribution in [0, 0.1) is 11.6 Å². The third kappa shape index (κ3) is 4.74. The zero-order valence-electron chi connectivity index (χ0n) is 19.8. The first-order chi connectivity index (χ1) is 18.0. The van der Waals surface area contributed by atoms with Gasteiger partial charge in [-0.25, -0.2) is 13.8 Å². The molecule has 1 N–H and O–H groups in total. The van der Waals surface area contributed by atoms with Crippen molar-refractivity contribution in [2.24, 2.45) is 0 Å². The van der Waals surface area contributed by atoms with Crippen LogP contribution < -0.4 is 19.5 Å². The fourth-order valence-electron chi connectivity index (χ4n) is 4.05. The number of hydrogen-bond donors (Lipinski definition) is 1. The van der Waals surface area contributed by atoms with E-state index < -0.39 is 23.3 Å². The van der Waals surface area contributed by atoms with Crippen LogP contribution in [-0.4, -0.2) is 34.1 Å². The molecule has 2 aliphatic rings. The zero-order valence-corrected chi connectivity index (χ0v) is 19.8. The van der Waals surface area contributed by atoms with Crippen molar-refractivity contribution in [1.29, 1.82) is 0 Å². The van der Waals surface area contributed by atoms with Crippen LogP contribution in [0.3, 0.4) is 0 Å². The Labute approximate surface area is 210 Å². The van der Waals surface area contributed by atoms with Crippen LogP contribution in [-0.2, 0) is 0 Å². The largest absolute Gasteiger partial charge is 0.489 e. The summed E-state index contributed by atoms with van der Waals surface area (Å²) in [6.45, 7) is 0. The number of hydrogen-bond acceptors (Lipinski definition) is 7. The van der Waals surface area contributed by atoms with Gasteiger partial charge in [-0.05, 0) is 37.8 Å². The van der Waals surface area contributed by atoms with E-state index in [-0.39, 0.29) is 29.0 Å². The Morgan fingerprint density at radius 1 is 1.03 bits per heavy atom. The van der Waals surface area contributed by atoms with Crippen LogP contribution in [0.5, 0.6) is 23.1 Å². The first-order valence-electron chi connectivity index (χ1n) is 11.9. The first kappa shape index (κ1) is 23.1. The Morgan fingerprint density at radius 3 is 2.49 bits per heavy atom. The number of halogens is 2. The molecule has 0 bridgehead atoms. The highest BCUT2D eigenvalue weighted by atomic mass is 19.1. The van der Waals surface area contributed by atoms with Crippen molar-refractivity contribution < 1.29 is 27.8 Å². The summed E-state index contributed by atoms with van der Waals surface area (Å²) in [7, 11) is 1.52. The number of carbonyl (C=O) groups is 1. The van der Waals surface area contributed by atoms with Crippen molar-refractivity contribution in [1.82, 2.24) is 15.0 Å². The Kier molecular flexibility index (Phi) is 5.78. The third-order valence-corrected chi connectivity index (χ3v) is 6.17. The summed E-state index contributed by atoms with van der Waals surface area (Å²) in [6.07, 6.45) is 8.17. The van der Waals surface area contributed by atoms with Gasteiger partial charge in [0.25, 0.3) is 5.91 Å². The smallest absolute Gasteiger partial charge is 0.261 e. The molecule has 2 aliphatic carbocycles. The summed E-state index contributed by atoms with van der Waals surface area (Å²) >= 11 is 0. The van der Waals surface area contributed by atoms with E-state index in [0.717, 1.165) is 43.5 Å². The van der Waals surface area contributed by atoms with Gasteiger partial charge in [-0.3, -0.25) is 14.8 Å². The maximum atomic E-state index is 15.1. The van der Waals surface area contributed by atoms with Crippen molar-refractivity contribution in [3.8, 4) is 23.1 Å². The lowest BCUT2D eigenvalue weighted by atomic mass is 10.1. The summed E-state index contributed by atoms with van der Waals surface area (Å²) in [4.78, 5) is 25.7. The molecule has 1 aromatic carbocycles. The molecule has 6 rings (SSSR count). The van der Waals surface area contributed by atoms with E-state index in [1.54, 1.807) is 18.2 Å². The Balaban J connectivity index is 1.28. The van der Waals surface area contributed by atoms with Gasteiger partial charge in [0.05, 0.1) is 35.4 Å². The first-order valence-corrected chi connectivity index (χ1v) is 11.9. The summed E-state index contributed by atoms with van der Waals surface area (Å²) in [5.41, 5.74) is 1.38. The molecule has 1 amide bonds. The van der Waals surface area contributed by atoms with Crippen LogP contribution in [0.4, 0.5) is 14.5 Å². The molecule has 0 radical (unpaired) electrons. The molecular weight excluding hydrogens is 482 g/mol. The number of nitrogens with one attached hydrogen (secondary N) is 1. The molecule has 4 aromatic rings. The van der Waals surface area contributed by atoms with Crippen molar-refractivity contribution in [2.75, 3.05) is 12.4 Å². The quantitative estimate of drug-likeness (QED) is 0.325. The van der Waals surface area contributed by atoms with Gasteiger partial charge in [-0.1, -0.05) is 0 Å². The monoisotopic (exact) mass is 504 g/mol. The standard InChI is InChI=1S/C27H22F2N4O4/c1-35-23-12-20-24(25(33-23)14-2-3-14)22(7-9-31-20)37-26-18(28)10-15(11-19(26)29)32-27(34)17-13-30-8-6-21(17)36-16-4-5-16/h6-14,16H,2-5H2,1H3,(H,32,34). The Hall–Kier alpha value is -4.34. The highest BCUT2D eigenvalue weighted by Gasteiger charge is 2.30. The van der Waals surface area contributed by atoms with Crippen LogP contribution in [0.1, 0.15) is 47.7 Å². The third-order valence-electron chi connectivity index (χ3n) is 6.17. The second-order valence-electron chi connectivity index (χ2n) is 9.04. The van der Waals surface area contributed by atoms with E-state index in [0.29, 0.717) is 22.5 Å². The molecule has 10 heteroatoms. The van der Waals surface area contributed by atoms with E-state index in [2.05, 4.69) is 20.3 Å². The van der Waals surface area contributed by atoms with Crippen LogP contribution in [0.2, 0.25) is 0 Å². The Morgan fingerprint density at radius 2 is 1.78 bits per heavy atom. The molecule has 188 valence electrons. The molecule has 0 saturated heterocycles. The fraction of sp³-hybridized carbons (Fsp3) is 0.259. The number of benzene rings is 1. The molecule has 0 spiro atoms. The molecule has 8 nitrogen and oxygen atoms in total. The molecule has 3 heterocycles. The molecule has 2 fully saturated rings. The minimum absolute atomic E-state index is 0.0706. The molecule has 37 heavy (non-hydrogen) atoms.